The van der Waals surface area contributed by atoms with Gasteiger partial charge in [0.05, 0.1) is 6.42 Å². The van der Waals surface area contributed by atoms with Crippen LogP contribution in [0.3, 0.4) is 0 Å². The Morgan fingerprint density at radius 1 is 1.50 bits per heavy atom. The van der Waals surface area contributed by atoms with Crippen LogP contribution in [-0.4, -0.2) is 40.1 Å². The van der Waals surface area contributed by atoms with E-state index in [1.54, 1.807) is 11.8 Å². The van der Waals surface area contributed by atoms with Gasteiger partial charge in [-0.25, -0.2) is 0 Å². The van der Waals surface area contributed by atoms with Crippen molar-refractivity contribution in [1.29, 1.82) is 0 Å². The van der Waals surface area contributed by atoms with E-state index in [4.69, 9.17) is 4.74 Å². The predicted molar refractivity (Wildman–Crippen MR) is 69.8 cm³/mol. The van der Waals surface area contributed by atoms with E-state index < -0.39 is 5.97 Å². The van der Waals surface area contributed by atoms with Crippen LogP contribution >= 0.6 is 0 Å². The number of carbonyl (C=O) groups is 2. The molecule has 20 heavy (non-hydrogen) atoms. The highest BCUT2D eigenvalue weighted by Crippen LogP contribution is 2.09. The lowest BCUT2D eigenvalue weighted by Crippen LogP contribution is -2.27. The Labute approximate surface area is 115 Å². The van der Waals surface area contributed by atoms with Gasteiger partial charge in [0.2, 0.25) is 11.3 Å². The summed E-state index contributed by atoms with van der Waals surface area (Å²) in [5.41, 5.74) is 0.558. The number of likely N-dealkylation sites (tertiary alicyclic amines) is 1. The Bertz CT molecular complexity index is 567. The zero-order valence-corrected chi connectivity index (χ0v) is 11.3. The molecule has 0 bridgehead atoms. The van der Waals surface area contributed by atoms with Gasteiger partial charge in [0, 0.05) is 31.3 Å². The molecule has 0 radical (unpaired) electrons. The standard InChI is InChI=1S/C13H17N3O4/c1-9-7-11(17)10(15-14-9)8-20-13(19)4-6-16-5-2-3-12(16)18/h7H,2-6,8H2,1H3,(H,14,17). The third-order valence-corrected chi connectivity index (χ3v) is 3.13. The second kappa shape index (κ2) is 6.31. The fourth-order valence-electron chi connectivity index (χ4n) is 2.01. The maximum absolute atomic E-state index is 11.6. The summed E-state index contributed by atoms with van der Waals surface area (Å²) >= 11 is 0. The monoisotopic (exact) mass is 279 g/mol. The number of ether oxygens (including phenoxy) is 1. The van der Waals surface area contributed by atoms with Crippen molar-refractivity contribution in [3.05, 3.63) is 27.7 Å². The van der Waals surface area contributed by atoms with Crippen molar-refractivity contribution in [1.82, 2.24) is 15.1 Å². The normalized spacial score (nSPS) is 14.7. The van der Waals surface area contributed by atoms with Gasteiger partial charge >= 0.3 is 5.97 Å². The van der Waals surface area contributed by atoms with Crippen LogP contribution in [0, 0.1) is 6.92 Å². The zero-order chi connectivity index (χ0) is 14.5. The average molecular weight is 279 g/mol. The second-order valence-electron chi connectivity index (χ2n) is 4.76. The average Bonchev–Trinajstić information content (AvgIpc) is 2.81. The summed E-state index contributed by atoms with van der Waals surface area (Å²) in [4.78, 5) is 36.1. The van der Waals surface area contributed by atoms with Crippen LogP contribution in [-0.2, 0) is 20.9 Å². The molecule has 1 aliphatic rings. The van der Waals surface area contributed by atoms with Crippen LogP contribution in [0.25, 0.3) is 0 Å². The molecule has 1 aliphatic heterocycles. The number of nitrogens with one attached hydrogen (secondary N) is 1. The van der Waals surface area contributed by atoms with Crippen LogP contribution in [0.1, 0.15) is 30.7 Å². The van der Waals surface area contributed by atoms with E-state index >= 15 is 0 Å². The van der Waals surface area contributed by atoms with Gasteiger partial charge in [-0.05, 0) is 13.3 Å². The van der Waals surface area contributed by atoms with Gasteiger partial charge in [-0.3, -0.25) is 19.5 Å². The lowest BCUT2D eigenvalue weighted by Gasteiger charge is -2.14. The number of carbonyl (C=O) groups excluding carboxylic acids is 2. The maximum Gasteiger partial charge on any atom is 0.307 e. The number of nitrogens with zero attached hydrogens (tertiary/aromatic N) is 2. The summed E-state index contributed by atoms with van der Waals surface area (Å²) in [6.45, 7) is 2.64. The van der Waals surface area contributed by atoms with Crippen LogP contribution in [0.2, 0.25) is 0 Å². The third kappa shape index (κ3) is 3.66. The summed E-state index contributed by atoms with van der Waals surface area (Å²) in [5.74, 6) is -0.360. The molecule has 108 valence electrons. The van der Waals surface area contributed by atoms with Gasteiger partial charge in [-0.1, -0.05) is 0 Å². The molecule has 2 heterocycles. The molecular weight excluding hydrogens is 262 g/mol. The van der Waals surface area contributed by atoms with Gasteiger partial charge in [0.1, 0.15) is 12.3 Å². The largest absolute Gasteiger partial charge is 0.459 e. The van der Waals surface area contributed by atoms with Crippen molar-refractivity contribution >= 4 is 11.9 Å². The molecule has 7 nitrogen and oxygen atoms in total. The first-order valence-electron chi connectivity index (χ1n) is 6.55. The van der Waals surface area contributed by atoms with Crippen LogP contribution < -0.4 is 5.43 Å². The van der Waals surface area contributed by atoms with E-state index in [0.29, 0.717) is 25.2 Å². The molecule has 1 amide bonds. The minimum Gasteiger partial charge on any atom is -0.459 e. The number of aromatic amines is 1. The lowest BCUT2D eigenvalue weighted by molar-refractivity contribution is -0.145. The summed E-state index contributed by atoms with van der Waals surface area (Å²) in [5, 5.41) is 6.47. The van der Waals surface area contributed by atoms with Gasteiger partial charge < -0.3 is 9.64 Å². The van der Waals surface area contributed by atoms with Crippen LogP contribution in [0.5, 0.6) is 0 Å². The Morgan fingerprint density at radius 2 is 2.30 bits per heavy atom. The van der Waals surface area contributed by atoms with Crippen molar-refractivity contribution in [2.75, 3.05) is 13.1 Å². The molecule has 0 aromatic carbocycles. The molecule has 1 aromatic heterocycles. The summed E-state index contributed by atoms with van der Waals surface area (Å²) < 4.78 is 4.98. The first-order valence-corrected chi connectivity index (χ1v) is 6.55. The number of amides is 1. The number of rotatable bonds is 5. The highest BCUT2D eigenvalue weighted by Gasteiger charge is 2.20. The van der Waals surface area contributed by atoms with Crippen LogP contribution in [0.15, 0.2) is 10.9 Å². The summed E-state index contributed by atoms with van der Waals surface area (Å²) in [6.07, 6.45) is 1.53. The first kappa shape index (κ1) is 14.2. The molecule has 7 heteroatoms. The second-order valence-corrected chi connectivity index (χ2v) is 4.76. The molecule has 0 unspecified atom stereocenters. The van der Waals surface area contributed by atoms with Crippen molar-refractivity contribution in [2.24, 2.45) is 0 Å². The molecule has 1 aromatic rings. The zero-order valence-electron chi connectivity index (χ0n) is 11.3. The predicted octanol–water partition coefficient (Wildman–Crippen LogP) is 0.134. The summed E-state index contributed by atoms with van der Waals surface area (Å²) in [6, 6.07) is 1.40. The van der Waals surface area contributed by atoms with Crippen LogP contribution in [0.4, 0.5) is 0 Å². The van der Waals surface area contributed by atoms with E-state index in [0.717, 1.165) is 6.42 Å². The van der Waals surface area contributed by atoms with E-state index in [-0.39, 0.29) is 30.1 Å². The van der Waals surface area contributed by atoms with Gasteiger partial charge in [-0.2, -0.15) is 5.10 Å². The molecular formula is C13H17N3O4. The fourth-order valence-corrected chi connectivity index (χ4v) is 2.01. The summed E-state index contributed by atoms with van der Waals surface area (Å²) in [7, 11) is 0. The van der Waals surface area contributed by atoms with Gasteiger partial charge in [0.15, 0.2) is 0 Å². The molecule has 0 atom stereocenters. The van der Waals surface area contributed by atoms with Crippen molar-refractivity contribution in [3.8, 4) is 0 Å². The molecule has 0 saturated carbocycles. The quantitative estimate of drug-likeness (QED) is 0.774. The van der Waals surface area contributed by atoms with Crippen molar-refractivity contribution in [3.63, 3.8) is 0 Å². The maximum atomic E-state index is 11.6. The first-order chi connectivity index (χ1) is 9.56. The highest BCUT2D eigenvalue weighted by atomic mass is 16.5. The third-order valence-electron chi connectivity index (χ3n) is 3.13. The molecule has 1 fully saturated rings. The number of aromatic nitrogens is 2. The number of hydrogen-bond donors (Lipinski definition) is 1. The highest BCUT2D eigenvalue weighted by molar-refractivity contribution is 5.79. The minimum absolute atomic E-state index is 0.0782. The van der Waals surface area contributed by atoms with E-state index in [9.17, 15) is 14.4 Å². The Hall–Kier alpha value is -2.18. The number of hydrogen-bond acceptors (Lipinski definition) is 5. The topological polar surface area (TPSA) is 92.4 Å². The molecule has 1 N–H and O–H groups in total. The molecule has 0 spiro atoms. The SMILES string of the molecule is Cc1cc(=O)c(COC(=O)CCN2CCCC2=O)n[nH]1. The van der Waals surface area contributed by atoms with E-state index in [2.05, 4.69) is 10.2 Å². The van der Waals surface area contributed by atoms with Gasteiger partial charge in [0.25, 0.3) is 0 Å². The molecule has 1 saturated heterocycles. The minimum atomic E-state index is -0.438. The van der Waals surface area contributed by atoms with E-state index in [1.807, 2.05) is 0 Å². The lowest BCUT2D eigenvalue weighted by atomic mass is 10.3. The van der Waals surface area contributed by atoms with Crippen molar-refractivity contribution in [2.45, 2.75) is 32.8 Å². The van der Waals surface area contributed by atoms with E-state index in [1.165, 1.54) is 6.07 Å². The van der Waals surface area contributed by atoms with Crippen molar-refractivity contribution < 1.29 is 14.3 Å². The number of esters is 1. The molecule has 2 rings (SSSR count). The van der Waals surface area contributed by atoms with Gasteiger partial charge in [-0.15, -0.1) is 0 Å². The molecule has 0 aliphatic carbocycles. The Morgan fingerprint density at radius 3 is 2.95 bits per heavy atom. The fraction of sp³-hybridized carbons (Fsp3) is 0.538. The smallest absolute Gasteiger partial charge is 0.307 e. The number of aryl methyl sites for hydroxylation is 1. The number of H-pyrrole nitrogens is 1. The Balaban J connectivity index is 1.77. The Kier molecular flexibility index (Phi) is 4.49.